The molecule has 0 saturated heterocycles. The molecule has 1 heterocycles. The Morgan fingerprint density at radius 3 is 2.38 bits per heavy atom. The summed E-state index contributed by atoms with van der Waals surface area (Å²) in [5.41, 5.74) is 1.36. The largest absolute Gasteiger partial charge is 0.452 e. The molecule has 1 N–H and O–H groups in total. The lowest BCUT2D eigenvalue weighted by molar-refractivity contribution is -0.119. The number of hydrogen-bond acceptors (Lipinski definition) is 5. The Morgan fingerprint density at radius 2 is 1.62 bits per heavy atom. The molecule has 1 aliphatic rings. The fourth-order valence-electron chi connectivity index (χ4n) is 3.31. The van der Waals surface area contributed by atoms with Crippen LogP contribution in [-0.2, 0) is 16.1 Å². The van der Waals surface area contributed by atoms with Gasteiger partial charge in [-0.2, -0.15) is 0 Å². The molecule has 0 unspecified atom stereocenters. The minimum absolute atomic E-state index is 0.0324. The van der Waals surface area contributed by atoms with Gasteiger partial charge < -0.3 is 10.1 Å². The number of carbonyl (C=O) groups excluding carboxylic acids is 4. The molecule has 0 aliphatic carbocycles. The maximum absolute atomic E-state index is 13.2. The van der Waals surface area contributed by atoms with Crippen LogP contribution in [0.25, 0.3) is 0 Å². The summed E-state index contributed by atoms with van der Waals surface area (Å²) in [6.07, 6.45) is 0. The number of ether oxygens (including phenoxy) is 1. The van der Waals surface area contributed by atoms with Crippen molar-refractivity contribution in [1.82, 2.24) is 4.90 Å². The summed E-state index contributed by atoms with van der Waals surface area (Å²) in [6.45, 7) is -0.480. The van der Waals surface area contributed by atoms with Gasteiger partial charge in [-0.15, -0.1) is 0 Å². The zero-order chi connectivity index (χ0) is 22.7. The summed E-state index contributed by atoms with van der Waals surface area (Å²) in [4.78, 5) is 50.8. The average Bonchev–Trinajstić information content (AvgIpc) is 3.02. The summed E-state index contributed by atoms with van der Waals surface area (Å²) in [5, 5.41) is 2.41. The zero-order valence-electron chi connectivity index (χ0n) is 16.7. The van der Waals surface area contributed by atoms with E-state index in [0.717, 1.165) is 16.5 Å². The molecule has 32 heavy (non-hydrogen) atoms. The molecule has 0 bridgehead atoms. The van der Waals surface area contributed by atoms with Crippen molar-refractivity contribution in [2.75, 3.05) is 11.9 Å². The zero-order valence-corrected chi connectivity index (χ0v) is 16.7. The Bertz CT molecular complexity index is 1230. The number of nitrogens with one attached hydrogen (secondary N) is 1. The highest BCUT2D eigenvalue weighted by Gasteiger charge is 2.36. The summed E-state index contributed by atoms with van der Waals surface area (Å²) in [6, 6.07) is 18.4. The number of benzene rings is 3. The molecular weight excluding hydrogens is 415 g/mol. The van der Waals surface area contributed by atoms with Gasteiger partial charge in [0.05, 0.1) is 23.2 Å². The highest BCUT2D eigenvalue weighted by molar-refractivity contribution is 6.21. The van der Waals surface area contributed by atoms with Gasteiger partial charge in [-0.1, -0.05) is 36.4 Å². The summed E-state index contributed by atoms with van der Waals surface area (Å²) >= 11 is 0. The van der Waals surface area contributed by atoms with Crippen LogP contribution in [0.1, 0.15) is 36.6 Å². The number of rotatable bonds is 6. The summed E-state index contributed by atoms with van der Waals surface area (Å²) < 4.78 is 18.2. The first-order chi connectivity index (χ1) is 15.4. The second kappa shape index (κ2) is 8.81. The maximum Gasteiger partial charge on any atom is 0.338 e. The Hall–Kier alpha value is -4.33. The Kier molecular flexibility index (Phi) is 5.76. The number of halogens is 1. The standard InChI is InChI=1S/C24H17FN2O5/c25-17-7-4-8-18(12-17)26-21(28)14-32-24(31)16-9-10-19-20(11-16)23(30)27(22(19)29)13-15-5-2-1-3-6-15/h1-12H,13-14H2,(H,26,28). The van der Waals surface area contributed by atoms with Crippen molar-refractivity contribution in [3.8, 4) is 0 Å². The van der Waals surface area contributed by atoms with Crippen LogP contribution < -0.4 is 5.32 Å². The van der Waals surface area contributed by atoms with Gasteiger partial charge in [0, 0.05) is 5.69 Å². The number of fused-ring (bicyclic) bond motifs is 1. The van der Waals surface area contributed by atoms with E-state index in [4.69, 9.17) is 4.74 Å². The molecule has 0 aromatic heterocycles. The molecular formula is C24H17FN2O5. The van der Waals surface area contributed by atoms with E-state index >= 15 is 0 Å². The minimum atomic E-state index is -0.830. The molecule has 0 spiro atoms. The fraction of sp³-hybridized carbons (Fsp3) is 0.0833. The number of imide groups is 1. The predicted molar refractivity (Wildman–Crippen MR) is 112 cm³/mol. The lowest BCUT2D eigenvalue weighted by Gasteiger charge is -2.13. The van der Waals surface area contributed by atoms with Crippen molar-refractivity contribution >= 4 is 29.4 Å². The number of esters is 1. The van der Waals surface area contributed by atoms with E-state index in [1.54, 1.807) is 12.1 Å². The van der Waals surface area contributed by atoms with E-state index in [-0.39, 0.29) is 28.9 Å². The smallest absolute Gasteiger partial charge is 0.338 e. The lowest BCUT2D eigenvalue weighted by Crippen LogP contribution is -2.29. The molecule has 3 aromatic rings. The van der Waals surface area contributed by atoms with Gasteiger partial charge >= 0.3 is 5.97 Å². The molecule has 1 aliphatic heterocycles. The van der Waals surface area contributed by atoms with Gasteiger partial charge in [-0.05, 0) is 42.0 Å². The molecule has 0 saturated carbocycles. The second-order valence-electron chi connectivity index (χ2n) is 7.08. The van der Waals surface area contributed by atoms with Crippen LogP contribution in [0.5, 0.6) is 0 Å². The number of carbonyl (C=O) groups is 4. The van der Waals surface area contributed by atoms with Crippen molar-refractivity contribution in [3.63, 3.8) is 0 Å². The Balaban J connectivity index is 1.41. The molecule has 3 amide bonds. The Labute approximate surface area is 182 Å². The van der Waals surface area contributed by atoms with Crippen molar-refractivity contribution < 1.29 is 28.3 Å². The van der Waals surface area contributed by atoms with Crippen molar-refractivity contribution in [2.45, 2.75) is 6.54 Å². The van der Waals surface area contributed by atoms with E-state index < -0.39 is 36.1 Å². The first-order valence-electron chi connectivity index (χ1n) is 9.69. The number of amides is 3. The van der Waals surface area contributed by atoms with Crippen LogP contribution in [0.2, 0.25) is 0 Å². The molecule has 160 valence electrons. The highest BCUT2D eigenvalue weighted by Crippen LogP contribution is 2.26. The van der Waals surface area contributed by atoms with Crippen molar-refractivity contribution in [1.29, 1.82) is 0 Å². The average molecular weight is 432 g/mol. The lowest BCUT2D eigenvalue weighted by atomic mass is 10.1. The van der Waals surface area contributed by atoms with Crippen LogP contribution in [0.3, 0.4) is 0 Å². The molecule has 3 aromatic carbocycles. The van der Waals surface area contributed by atoms with E-state index in [1.807, 2.05) is 18.2 Å². The molecule has 8 heteroatoms. The quantitative estimate of drug-likeness (QED) is 0.476. The first kappa shape index (κ1) is 20.9. The van der Waals surface area contributed by atoms with Gasteiger partial charge in [-0.25, -0.2) is 9.18 Å². The summed E-state index contributed by atoms with van der Waals surface area (Å²) in [7, 11) is 0. The number of hydrogen-bond donors (Lipinski definition) is 1. The third-order valence-electron chi connectivity index (χ3n) is 4.83. The fourth-order valence-corrected chi connectivity index (χ4v) is 3.31. The first-order valence-corrected chi connectivity index (χ1v) is 9.69. The molecule has 0 atom stereocenters. The normalized spacial score (nSPS) is 12.5. The van der Waals surface area contributed by atoms with Gasteiger partial charge in [0.15, 0.2) is 6.61 Å². The molecule has 7 nitrogen and oxygen atoms in total. The van der Waals surface area contributed by atoms with Crippen LogP contribution >= 0.6 is 0 Å². The minimum Gasteiger partial charge on any atom is -0.452 e. The molecule has 0 fully saturated rings. The van der Waals surface area contributed by atoms with E-state index in [9.17, 15) is 23.6 Å². The highest BCUT2D eigenvalue weighted by atomic mass is 19.1. The maximum atomic E-state index is 13.2. The van der Waals surface area contributed by atoms with Crippen LogP contribution in [0.15, 0.2) is 72.8 Å². The Morgan fingerprint density at radius 1 is 0.875 bits per heavy atom. The predicted octanol–water partition coefficient (Wildman–Crippen LogP) is 3.42. The topological polar surface area (TPSA) is 92.8 Å². The van der Waals surface area contributed by atoms with Gasteiger partial charge in [0.2, 0.25) is 0 Å². The molecule has 4 rings (SSSR count). The third-order valence-corrected chi connectivity index (χ3v) is 4.83. The third kappa shape index (κ3) is 4.39. The van der Waals surface area contributed by atoms with Gasteiger partial charge in [0.1, 0.15) is 5.82 Å². The molecule has 0 radical (unpaired) electrons. The van der Waals surface area contributed by atoms with E-state index in [0.29, 0.717) is 0 Å². The van der Waals surface area contributed by atoms with Crippen LogP contribution in [-0.4, -0.2) is 35.2 Å². The van der Waals surface area contributed by atoms with Gasteiger partial charge in [-0.3, -0.25) is 19.3 Å². The van der Waals surface area contributed by atoms with Crippen LogP contribution in [0.4, 0.5) is 10.1 Å². The number of nitrogens with zero attached hydrogens (tertiary/aromatic N) is 1. The summed E-state index contributed by atoms with van der Waals surface area (Å²) in [5.74, 6) is -2.94. The second-order valence-corrected chi connectivity index (χ2v) is 7.08. The van der Waals surface area contributed by atoms with E-state index in [2.05, 4.69) is 5.32 Å². The van der Waals surface area contributed by atoms with Crippen LogP contribution in [0, 0.1) is 5.82 Å². The van der Waals surface area contributed by atoms with E-state index in [1.165, 1.54) is 36.4 Å². The SMILES string of the molecule is O=C(COC(=O)c1ccc2c(c1)C(=O)N(Cc1ccccc1)C2=O)Nc1cccc(F)c1. The van der Waals surface area contributed by atoms with Crippen molar-refractivity contribution in [3.05, 3.63) is 101 Å². The monoisotopic (exact) mass is 432 g/mol. The van der Waals surface area contributed by atoms with Crippen molar-refractivity contribution in [2.24, 2.45) is 0 Å². The number of anilines is 1. The van der Waals surface area contributed by atoms with Gasteiger partial charge in [0.25, 0.3) is 17.7 Å².